The molecule has 0 N–H and O–H groups in total. The second-order valence-corrected chi connectivity index (χ2v) is 0. The van der Waals surface area contributed by atoms with Crippen molar-refractivity contribution in [3.8, 4) is 0 Å². The van der Waals surface area contributed by atoms with Crippen molar-refractivity contribution in [2.24, 2.45) is 0 Å². The molecule has 0 saturated heterocycles. The molecule has 0 fully saturated rings. The SMILES string of the molecule is [Fe+3].[Fe+3].[S-2].[S-2].[S-2].[S]. The summed E-state index contributed by atoms with van der Waals surface area (Å²) in [6, 6.07) is 0. The average molecular weight is 240 g/mol. The molecule has 0 rings (SSSR count). The molecule has 0 unspecified atom stereocenters. The van der Waals surface area contributed by atoms with Crippen LogP contribution in [-0.2, 0) is 74.6 Å². The Morgan fingerprint density at radius 3 is 0.500 bits per heavy atom. The quantitative estimate of drug-likeness (QED) is 0.545. The van der Waals surface area contributed by atoms with Crippen LogP contribution in [0.5, 0.6) is 0 Å². The van der Waals surface area contributed by atoms with Gasteiger partial charge in [0.2, 0.25) is 0 Å². The smallest absolute Gasteiger partial charge is 2.00 e. The number of hydrogen-bond donors (Lipinski definition) is 0. The minimum Gasteiger partial charge on any atom is -2.00 e. The number of rotatable bonds is 0. The van der Waals surface area contributed by atoms with Gasteiger partial charge in [0.15, 0.2) is 0 Å². The van der Waals surface area contributed by atoms with Crippen LogP contribution in [-0.4, -0.2) is 0 Å². The largest absolute Gasteiger partial charge is 3.00 e. The summed E-state index contributed by atoms with van der Waals surface area (Å²) in [5.74, 6) is 0. The molecule has 0 aliphatic carbocycles. The molecule has 40 valence electrons. The van der Waals surface area contributed by atoms with Gasteiger partial charge in [-0.2, -0.15) is 0 Å². The first kappa shape index (κ1) is 78.5. The number of hydrogen-bond acceptors (Lipinski definition) is 0. The van der Waals surface area contributed by atoms with E-state index in [2.05, 4.69) is 0 Å². The first-order valence-electron chi connectivity index (χ1n) is 0. The van der Waals surface area contributed by atoms with Gasteiger partial charge in [-0.15, -0.1) is 0 Å². The molecule has 0 amide bonds. The van der Waals surface area contributed by atoms with Gasteiger partial charge >= 0.3 is 34.1 Å². The van der Waals surface area contributed by atoms with Crippen molar-refractivity contribution in [3.63, 3.8) is 0 Å². The first-order valence-corrected chi connectivity index (χ1v) is 0. The van der Waals surface area contributed by atoms with E-state index in [0.29, 0.717) is 0 Å². The Balaban J connectivity index is 0. The molecule has 0 aliphatic rings. The summed E-state index contributed by atoms with van der Waals surface area (Å²) in [5, 5.41) is 0. The van der Waals surface area contributed by atoms with Gasteiger partial charge in [-0.25, -0.2) is 0 Å². The Labute approximate surface area is 87.3 Å². The van der Waals surface area contributed by atoms with E-state index in [1.165, 1.54) is 0 Å². The van der Waals surface area contributed by atoms with Gasteiger partial charge < -0.3 is 40.5 Å². The molecule has 0 bridgehead atoms. The fourth-order valence-corrected chi connectivity index (χ4v) is 0. The Morgan fingerprint density at radius 1 is 0.500 bits per heavy atom. The minimum atomic E-state index is 0. The fourth-order valence-electron chi connectivity index (χ4n) is 0. The molecule has 0 aromatic carbocycles. The zero-order valence-corrected chi connectivity index (χ0v) is 7.81. The summed E-state index contributed by atoms with van der Waals surface area (Å²) in [5.41, 5.74) is 0. The van der Waals surface area contributed by atoms with Gasteiger partial charge in [0.05, 0.1) is 0 Å². The van der Waals surface area contributed by atoms with E-state index in [4.69, 9.17) is 0 Å². The Morgan fingerprint density at radius 2 is 0.500 bits per heavy atom. The molecule has 0 heterocycles. The summed E-state index contributed by atoms with van der Waals surface area (Å²) in [6.45, 7) is 0. The van der Waals surface area contributed by atoms with Crippen molar-refractivity contribution in [3.05, 3.63) is 0 Å². The van der Waals surface area contributed by atoms with Crippen molar-refractivity contribution in [2.45, 2.75) is 0 Å². The van der Waals surface area contributed by atoms with Crippen molar-refractivity contribution in [1.29, 1.82) is 0 Å². The van der Waals surface area contributed by atoms with Gasteiger partial charge in [0.1, 0.15) is 0 Å². The summed E-state index contributed by atoms with van der Waals surface area (Å²) in [4.78, 5) is 0. The molecule has 6 heavy (non-hydrogen) atoms. The van der Waals surface area contributed by atoms with Crippen molar-refractivity contribution < 1.29 is 34.1 Å². The molecule has 0 nitrogen and oxygen atoms in total. The standard InChI is InChI=1S/2Fe.4S/q2*+3;;3*-2. The van der Waals surface area contributed by atoms with Crippen molar-refractivity contribution in [1.82, 2.24) is 0 Å². The molecule has 0 atom stereocenters. The fraction of sp³-hybridized carbons (Fsp3) is 0. The van der Waals surface area contributed by atoms with Gasteiger partial charge in [-0.3, -0.25) is 0 Å². The first-order chi connectivity index (χ1) is 0. The summed E-state index contributed by atoms with van der Waals surface area (Å²) in [6.07, 6.45) is 0. The topological polar surface area (TPSA) is 0 Å². The van der Waals surface area contributed by atoms with Crippen LogP contribution in [0.1, 0.15) is 0 Å². The Kier molecular flexibility index (Phi) is 678. The zero-order chi connectivity index (χ0) is 0. The summed E-state index contributed by atoms with van der Waals surface area (Å²) < 4.78 is 0. The molecule has 4 radical (unpaired) electrons. The van der Waals surface area contributed by atoms with Gasteiger partial charge in [-0.1, -0.05) is 0 Å². The zero-order valence-electron chi connectivity index (χ0n) is 2.34. The van der Waals surface area contributed by atoms with E-state index >= 15 is 0 Å². The van der Waals surface area contributed by atoms with Crippen LogP contribution in [0.4, 0.5) is 0 Å². The van der Waals surface area contributed by atoms with E-state index < -0.39 is 0 Å². The van der Waals surface area contributed by atoms with Crippen LogP contribution in [0.3, 0.4) is 0 Å². The maximum Gasteiger partial charge on any atom is 3.00 e. The van der Waals surface area contributed by atoms with E-state index in [0.717, 1.165) is 0 Å². The van der Waals surface area contributed by atoms with Crippen LogP contribution in [0.25, 0.3) is 0 Å². The van der Waals surface area contributed by atoms with E-state index in [-0.39, 0.29) is 88.1 Å². The predicted molar refractivity (Wildman–Crippen MR) is 29.7 cm³/mol. The Hall–Kier alpha value is 2.44. The monoisotopic (exact) mass is 240 g/mol. The predicted octanol–water partition coefficient (Wildman–Crippen LogP) is 0.636. The third-order valence-corrected chi connectivity index (χ3v) is 0. The van der Waals surface area contributed by atoms with Crippen LogP contribution in [0.2, 0.25) is 0 Å². The molecular formula is Fe2S4. The van der Waals surface area contributed by atoms with Crippen molar-refractivity contribution in [2.75, 3.05) is 0 Å². The van der Waals surface area contributed by atoms with Gasteiger partial charge in [0.25, 0.3) is 0 Å². The molecule has 0 saturated carbocycles. The summed E-state index contributed by atoms with van der Waals surface area (Å²) >= 11 is 0. The van der Waals surface area contributed by atoms with Gasteiger partial charge in [0, 0.05) is 13.5 Å². The molecule has 6 heteroatoms. The normalized spacial score (nSPS) is 0. The van der Waals surface area contributed by atoms with E-state index in [9.17, 15) is 0 Å². The van der Waals surface area contributed by atoms with Gasteiger partial charge in [-0.05, 0) is 0 Å². The third kappa shape index (κ3) is 32.0. The Bertz CT molecular complexity index is 5.51. The maximum absolute atomic E-state index is 0. The third-order valence-electron chi connectivity index (χ3n) is 0. The van der Waals surface area contributed by atoms with Crippen LogP contribution >= 0.6 is 13.5 Å². The molecule has 0 aliphatic heterocycles. The van der Waals surface area contributed by atoms with E-state index in [1.54, 1.807) is 0 Å². The van der Waals surface area contributed by atoms with Crippen LogP contribution < -0.4 is 0 Å². The second kappa shape index (κ2) is 51.8. The maximum atomic E-state index is 0. The van der Waals surface area contributed by atoms with Crippen LogP contribution in [0.15, 0.2) is 0 Å². The molecule has 0 spiro atoms. The van der Waals surface area contributed by atoms with E-state index in [1.807, 2.05) is 0 Å². The molecular weight excluding hydrogens is 240 g/mol. The van der Waals surface area contributed by atoms with Crippen molar-refractivity contribution >= 4 is 54.0 Å². The molecule has 0 aromatic rings. The minimum absolute atomic E-state index is 0. The second-order valence-electron chi connectivity index (χ2n) is 0. The average Bonchev–Trinajstić information content (AvgIpc) is 0. The summed E-state index contributed by atoms with van der Waals surface area (Å²) in [7, 11) is 0. The van der Waals surface area contributed by atoms with Crippen LogP contribution in [0, 0.1) is 0 Å². The molecule has 0 aromatic heterocycles.